The van der Waals surface area contributed by atoms with Crippen molar-refractivity contribution in [1.29, 1.82) is 0 Å². The highest BCUT2D eigenvalue weighted by Gasteiger charge is 2.09. The van der Waals surface area contributed by atoms with Gasteiger partial charge in [-0.15, -0.1) is 0 Å². The van der Waals surface area contributed by atoms with E-state index in [1.54, 1.807) is 0 Å². The van der Waals surface area contributed by atoms with Gasteiger partial charge >= 0.3 is 6.03 Å². The zero-order valence-corrected chi connectivity index (χ0v) is 14.1. The molecule has 0 radical (unpaired) electrons. The van der Waals surface area contributed by atoms with Gasteiger partial charge < -0.3 is 15.0 Å². The Morgan fingerprint density at radius 3 is 2.72 bits per heavy atom. The van der Waals surface area contributed by atoms with Crippen molar-refractivity contribution in [2.75, 3.05) is 13.2 Å². The number of unbranched alkanes of at least 4 members (excludes halogenated alkanes) is 1. The standard InChI is InChI=1S/C19H21N3O3/c1-2-3-10-20-19(24)22-18(23)12-25-13-8-9-15-14-6-4-5-7-16(14)21-17(15)11-13/h4-9,11,21H,2-3,10,12H2,1H3,(H2,20,22,23,24). The molecule has 2 aromatic carbocycles. The van der Waals surface area contributed by atoms with E-state index >= 15 is 0 Å². The van der Waals surface area contributed by atoms with E-state index < -0.39 is 11.9 Å². The lowest BCUT2D eigenvalue weighted by Crippen LogP contribution is -2.41. The van der Waals surface area contributed by atoms with Crippen molar-refractivity contribution in [2.24, 2.45) is 0 Å². The fourth-order valence-corrected chi connectivity index (χ4v) is 2.66. The number of nitrogens with one attached hydrogen (secondary N) is 3. The Labute approximate surface area is 145 Å². The minimum Gasteiger partial charge on any atom is -0.484 e. The molecule has 0 aliphatic heterocycles. The highest BCUT2D eigenvalue weighted by Crippen LogP contribution is 2.28. The molecular formula is C19H21N3O3. The maximum absolute atomic E-state index is 11.8. The second kappa shape index (κ2) is 7.70. The summed E-state index contributed by atoms with van der Waals surface area (Å²) in [7, 11) is 0. The molecule has 0 aliphatic rings. The number of amides is 3. The van der Waals surface area contributed by atoms with Crippen LogP contribution >= 0.6 is 0 Å². The monoisotopic (exact) mass is 339 g/mol. The van der Waals surface area contributed by atoms with Crippen LogP contribution in [0.5, 0.6) is 5.75 Å². The van der Waals surface area contributed by atoms with Crippen molar-refractivity contribution in [3.8, 4) is 5.75 Å². The van der Waals surface area contributed by atoms with Gasteiger partial charge in [0, 0.05) is 28.9 Å². The van der Waals surface area contributed by atoms with Crippen LogP contribution in [0.15, 0.2) is 42.5 Å². The number of fused-ring (bicyclic) bond motifs is 3. The van der Waals surface area contributed by atoms with Crippen molar-refractivity contribution in [2.45, 2.75) is 19.8 Å². The van der Waals surface area contributed by atoms with Gasteiger partial charge in [-0.3, -0.25) is 10.1 Å². The first-order valence-corrected chi connectivity index (χ1v) is 8.38. The molecule has 0 bridgehead atoms. The van der Waals surface area contributed by atoms with Crippen molar-refractivity contribution >= 4 is 33.7 Å². The summed E-state index contributed by atoms with van der Waals surface area (Å²) in [6.45, 7) is 2.36. The fraction of sp³-hybridized carbons (Fsp3) is 0.263. The van der Waals surface area contributed by atoms with E-state index in [1.807, 2.05) is 43.3 Å². The Kier molecular flexibility index (Phi) is 5.18. The molecule has 0 atom stereocenters. The highest BCUT2D eigenvalue weighted by atomic mass is 16.5. The summed E-state index contributed by atoms with van der Waals surface area (Å²) in [6.07, 6.45) is 1.86. The number of hydrogen-bond donors (Lipinski definition) is 3. The summed E-state index contributed by atoms with van der Waals surface area (Å²) >= 11 is 0. The van der Waals surface area contributed by atoms with E-state index in [9.17, 15) is 9.59 Å². The Morgan fingerprint density at radius 1 is 1.08 bits per heavy atom. The Hall–Kier alpha value is -3.02. The second-order valence-corrected chi connectivity index (χ2v) is 5.82. The number of aromatic amines is 1. The van der Waals surface area contributed by atoms with Gasteiger partial charge in [0.25, 0.3) is 5.91 Å². The molecule has 3 amide bonds. The number of hydrogen-bond acceptors (Lipinski definition) is 3. The summed E-state index contributed by atoms with van der Waals surface area (Å²) in [5.41, 5.74) is 1.99. The van der Waals surface area contributed by atoms with Crippen molar-refractivity contribution in [1.82, 2.24) is 15.6 Å². The number of imide groups is 1. The number of carbonyl (C=O) groups is 2. The lowest BCUT2D eigenvalue weighted by Gasteiger charge is -2.08. The Balaban J connectivity index is 1.58. The SMILES string of the molecule is CCCCNC(=O)NC(=O)COc1ccc2c(c1)[nH]c1ccccc12. The lowest BCUT2D eigenvalue weighted by atomic mass is 10.1. The molecule has 0 fully saturated rings. The second-order valence-electron chi connectivity index (χ2n) is 5.82. The normalized spacial score (nSPS) is 10.8. The van der Waals surface area contributed by atoms with Crippen LogP contribution in [-0.4, -0.2) is 30.1 Å². The van der Waals surface area contributed by atoms with Gasteiger partial charge in [-0.25, -0.2) is 4.79 Å². The Morgan fingerprint density at radius 2 is 1.88 bits per heavy atom. The molecule has 0 spiro atoms. The number of H-pyrrole nitrogens is 1. The third kappa shape index (κ3) is 4.09. The van der Waals surface area contributed by atoms with Gasteiger partial charge in [-0.05, 0) is 24.6 Å². The van der Waals surface area contributed by atoms with Crippen LogP contribution in [0.1, 0.15) is 19.8 Å². The van der Waals surface area contributed by atoms with Gasteiger partial charge in [0.05, 0.1) is 5.52 Å². The molecule has 6 nitrogen and oxygen atoms in total. The quantitative estimate of drug-likeness (QED) is 0.602. The van der Waals surface area contributed by atoms with Gasteiger partial charge in [0.15, 0.2) is 6.61 Å². The minimum atomic E-state index is -0.492. The smallest absolute Gasteiger partial charge is 0.321 e. The number of benzene rings is 2. The number of carbonyl (C=O) groups excluding carboxylic acids is 2. The van der Waals surface area contributed by atoms with E-state index in [0.29, 0.717) is 12.3 Å². The molecule has 0 saturated heterocycles. The molecule has 0 aliphatic carbocycles. The van der Waals surface area contributed by atoms with Crippen LogP contribution in [0, 0.1) is 0 Å². The first kappa shape index (κ1) is 16.8. The van der Waals surface area contributed by atoms with E-state index in [-0.39, 0.29) is 6.61 Å². The van der Waals surface area contributed by atoms with Gasteiger partial charge in [0.1, 0.15) is 5.75 Å². The maximum Gasteiger partial charge on any atom is 0.321 e. The first-order valence-electron chi connectivity index (χ1n) is 8.38. The zero-order valence-electron chi connectivity index (χ0n) is 14.1. The number of para-hydroxylation sites is 1. The molecule has 3 N–H and O–H groups in total. The number of urea groups is 1. The fourth-order valence-electron chi connectivity index (χ4n) is 2.66. The third-order valence-corrected chi connectivity index (χ3v) is 3.92. The molecule has 25 heavy (non-hydrogen) atoms. The molecule has 1 aromatic heterocycles. The van der Waals surface area contributed by atoms with Crippen LogP contribution in [-0.2, 0) is 4.79 Å². The molecule has 3 aromatic rings. The predicted octanol–water partition coefficient (Wildman–Crippen LogP) is 3.33. The van der Waals surface area contributed by atoms with E-state index in [0.717, 1.165) is 34.6 Å². The van der Waals surface area contributed by atoms with Crippen LogP contribution in [0.3, 0.4) is 0 Å². The molecule has 130 valence electrons. The van der Waals surface area contributed by atoms with Crippen LogP contribution in [0.25, 0.3) is 21.8 Å². The van der Waals surface area contributed by atoms with Crippen LogP contribution in [0.4, 0.5) is 4.79 Å². The van der Waals surface area contributed by atoms with E-state index in [2.05, 4.69) is 21.7 Å². The molecule has 0 saturated carbocycles. The largest absolute Gasteiger partial charge is 0.484 e. The number of ether oxygens (including phenoxy) is 1. The van der Waals surface area contributed by atoms with Gasteiger partial charge in [-0.1, -0.05) is 31.5 Å². The molecule has 0 unspecified atom stereocenters. The van der Waals surface area contributed by atoms with Gasteiger partial charge in [-0.2, -0.15) is 0 Å². The summed E-state index contributed by atoms with van der Waals surface area (Å²) in [5, 5.41) is 7.11. The average molecular weight is 339 g/mol. The van der Waals surface area contributed by atoms with Crippen molar-refractivity contribution in [3.63, 3.8) is 0 Å². The van der Waals surface area contributed by atoms with Crippen LogP contribution < -0.4 is 15.4 Å². The lowest BCUT2D eigenvalue weighted by molar-refractivity contribution is -0.122. The van der Waals surface area contributed by atoms with E-state index in [4.69, 9.17) is 4.74 Å². The first-order chi connectivity index (χ1) is 12.2. The van der Waals surface area contributed by atoms with Crippen molar-refractivity contribution < 1.29 is 14.3 Å². The summed E-state index contributed by atoms with van der Waals surface area (Å²) in [6, 6.07) is 13.2. The van der Waals surface area contributed by atoms with Gasteiger partial charge in [0.2, 0.25) is 0 Å². The Bertz CT molecular complexity index is 901. The maximum atomic E-state index is 11.8. The van der Waals surface area contributed by atoms with E-state index in [1.165, 1.54) is 0 Å². The molecule has 6 heteroatoms. The number of rotatable bonds is 6. The predicted molar refractivity (Wildman–Crippen MR) is 97.7 cm³/mol. The van der Waals surface area contributed by atoms with Crippen molar-refractivity contribution in [3.05, 3.63) is 42.5 Å². The van der Waals surface area contributed by atoms with Crippen LogP contribution in [0.2, 0.25) is 0 Å². The summed E-state index contributed by atoms with van der Waals surface area (Å²) in [5.74, 6) is 0.0892. The zero-order chi connectivity index (χ0) is 17.6. The molecular weight excluding hydrogens is 318 g/mol. The summed E-state index contributed by atoms with van der Waals surface area (Å²) < 4.78 is 5.49. The highest BCUT2D eigenvalue weighted by molar-refractivity contribution is 6.07. The average Bonchev–Trinajstić information content (AvgIpc) is 2.98. The molecule has 1 heterocycles. The topological polar surface area (TPSA) is 83.2 Å². The summed E-state index contributed by atoms with van der Waals surface area (Å²) in [4.78, 5) is 26.6. The minimum absolute atomic E-state index is 0.215. The third-order valence-electron chi connectivity index (χ3n) is 3.92. The molecule has 3 rings (SSSR count). The number of aromatic nitrogens is 1.